The van der Waals surface area contributed by atoms with Crippen molar-refractivity contribution in [1.29, 1.82) is 0 Å². The van der Waals surface area contributed by atoms with Gasteiger partial charge in [-0.05, 0) is 23.8 Å². The SMILES string of the molecule is Sc1ccc(Cl)cc1OCc1ccccc1. The second-order valence-corrected chi connectivity index (χ2v) is 4.30. The topological polar surface area (TPSA) is 9.23 Å². The maximum Gasteiger partial charge on any atom is 0.134 e. The van der Waals surface area contributed by atoms with Crippen molar-refractivity contribution in [3.8, 4) is 5.75 Å². The summed E-state index contributed by atoms with van der Waals surface area (Å²) < 4.78 is 5.64. The molecule has 0 aliphatic heterocycles. The van der Waals surface area contributed by atoms with Gasteiger partial charge in [-0.25, -0.2) is 0 Å². The zero-order valence-electron chi connectivity index (χ0n) is 8.56. The van der Waals surface area contributed by atoms with Crippen LogP contribution in [0, 0.1) is 0 Å². The number of benzene rings is 2. The van der Waals surface area contributed by atoms with Crippen LogP contribution in [-0.2, 0) is 6.61 Å². The van der Waals surface area contributed by atoms with Gasteiger partial charge in [-0.3, -0.25) is 0 Å². The van der Waals surface area contributed by atoms with Gasteiger partial charge in [0.2, 0.25) is 0 Å². The summed E-state index contributed by atoms with van der Waals surface area (Å²) in [6.45, 7) is 0.523. The van der Waals surface area contributed by atoms with Crippen LogP contribution in [0.4, 0.5) is 0 Å². The summed E-state index contributed by atoms with van der Waals surface area (Å²) in [5.74, 6) is 0.708. The van der Waals surface area contributed by atoms with Gasteiger partial charge < -0.3 is 4.74 Å². The predicted molar refractivity (Wildman–Crippen MR) is 69.5 cm³/mol. The lowest BCUT2D eigenvalue weighted by Gasteiger charge is -2.08. The average molecular weight is 251 g/mol. The molecule has 2 aromatic carbocycles. The summed E-state index contributed by atoms with van der Waals surface area (Å²) in [4.78, 5) is 0.792. The van der Waals surface area contributed by atoms with E-state index in [4.69, 9.17) is 16.3 Å². The monoisotopic (exact) mass is 250 g/mol. The lowest BCUT2D eigenvalue weighted by Crippen LogP contribution is -1.95. The number of rotatable bonds is 3. The molecular weight excluding hydrogens is 240 g/mol. The second-order valence-electron chi connectivity index (χ2n) is 3.39. The minimum atomic E-state index is 0.523. The highest BCUT2D eigenvalue weighted by Crippen LogP contribution is 2.26. The second kappa shape index (κ2) is 5.28. The van der Waals surface area contributed by atoms with Gasteiger partial charge in [-0.2, -0.15) is 0 Å². The van der Waals surface area contributed by atoms with Crippen molar-refractivity contribution in [2.24, 2.45) is 0 Å². The van der Waals surface area contributed by atoms with E-state index >= 15 is 0 Å². The van der Waals surface area contributed by atoms with E-state index in [1.165, 1.54) is 0 Å². The molecule has 2 rings (SSSR count). The van der Waals surface area contributed by atoms with Gasteiger partial charge in [-0.1, -0.05) is 41.9 Å². The van der Waals surface area contributed by atoms with E-state index in [1.54, 1.807) is 12.1 Å². The van der Waals surface area contributed by atoms with Crippen LogP contribution < -0.4 is 4.74 Å². The number of thiol groups is 1. The normalized spacial score (nSPS) is 10.1. The lowest BCUT2D eigenvalue weighted by molar-refractivity contribution is 0.299. The van der Waals surface area contributed by atoms with Gasteiger partial charge in [0.25, 0.3) is 0 Å². The van der Waals surface area contributed by atoms with Gasteiger partial charge in [-0.15, -0.1) is 12.6 Å². The number of ether oxygens (including phenoxy) is 1. The Morgan fingerprint density at radius 3 is 2.56 bits per heavy atom. The van der Waals surface area contributed by atoms with Crippen molar-refractivity contribution >= 4 is 24.2 Å². The average Bonchev–Trinajstić information content (AvgIpc) is 2.32. The minimum Gasteiger partial charge on any atom is -0.488 e. The maximum absolute atomic E-state index is 5.88. The molecule has 0 saturated heterocycles. The minimum absolute atomic E-state index is 0.523. The highest BCUT2D eigenvalue weighted by Gasteiger charge is 2.01. The van der Waals surface area contributed by atoms with Gasteiger partial charge in [0.15, 0.2) is 0 Å². The van der Waals surface area contributed by atoms with Crippen LogP contribution in [0.25, 0.3) is 0 Å². The molecule has 0 N–H and O–H groups in total. The van der Waals surface area contributed by atoms with Crippen LogP contribution in [0.2, 0.25) is 5.02 Å². The molecule has 0 saturated carbocycles. The van der Waals surface area contributed by atoms with Crippen LogP contribution in [0.5, 0.6) is 5.75 Å². The van der Waals surface area contributed by atoms with Crippen LogP contribution in [0.1, 0.15) is 5.56 Å². The highest BCUT2D eigenvalue weighted by atomic mass is 35.5. The Labute approximate surface area is 105 Å². The third-order valence-corrected chi connectivity index (χ3v) is 2.76. The van der Waals surface area contributed by atoms with Crippen molar-refractivity contribution < 1.29 is 4.74 Å². The first-order valence-corrected chi connectivity index (χ1v) is 5.73. The first-order chi connectivity index (χ1) is 7.75. The number of halogens is 1. The van der Waals surface area contributed by atoms with E-state index in [2.05, 4.69) is 12.6 Å². The molecule has 2 aromatic rings. The summed E-state index contributed by atoms with van der Waals surface area (Å²) in [7, 11) is 0. The van der Waals surface area contributed by atoms with E-state index in [0.29, 0.717) is 17.4 Å². The standard InChI is InChI=1S/C13H11ClOS/c14-11-6-7-13(16)12(8-11)15-9-10-4-2-1-3-5-10/h1-8,16H,9H2. The van der Waals surface area contributed by atoms with E-state index in [9.17, 15) is 0 Å². The molecule has 0 bridgehead atoms. The molecule has 82 valence electrons. The molecule has 0 fully saturated rings. The molecule has 0 unspecified atom stereocenters. The molecule has 0 amide bonds. The first kappa shape index (κ1) is 11.4. The van der Waals surface area contributed by atoms with Gasteiger partial charge >= 0.3 is 0 Å². The van der Waals surface area contributed by atoms with Crippen LogP contribution >= 0.6 is 24.2 Å². The highest BCUT2D eigenvalue weighted by molar-refractivity contribution is 7.80. The van der Waals surface area contributed by atoms with E-state index in [-0.39, 0.29) is 0 Å². The quantitative estimate of drug-likeness (QED) is 0.803. The lowest BCUT2D eigenvalue weighted by atomic mass is 10.2. The summed E-state index contributed by atoms with van der Waals surface area (Å²) in [5.41, 5.74) is 1.12. The Balaban J connectivity index is 2.08. The molecule has 0 aromatic heterocycles. The van der Waals surface area contributed by atoms with Crippen LogP contribution in [0.15, 0.2) is 53.4 Å². The summed E-state index contributed by atoms with van der Waals surface area (Å²) in [6.07, 6.45) is 0. The van der Waals surface area contributed by atoms with Crippen LogP contribution in [-0.4, -0.2) is 0 Å². The number of hydrogen-bond acceptors (Lipinski definition) is 2. The molecule has 0 radical (unpaired) electrons. The van der Waals surface area contributed by atoms with Crippen molar-refractivity contribution in [2.45, 2.75) is 11.5 Å². The van der Waals surface area contributed by atoms with Crippen molar-refractivity contribution in [3.63, 3.8) is 0 Å². The Morgan fingerprint density at radius 1 is 1.06 bits per heavy atom. The summed E-state index contributed by atoms with van der Waals surface area (Å²) >= 11 is 10.2. The van der Waals surface area contributed by atoms with Gasteiger partial charge in [0.1, 0.15) is 12.4 Å². The van der Waals surface area contributed by atoms with E-state index in [1.807, 2.05) is 36.4 Å². The zero-order chi connectivity index (χ0) is 11.4. The Hall–Kier alpha value is -1.12. The Kier molecular flexibility index (Phi) is 3.75. The number of hydrogen-bond donors (Lipinski definition) is 1. The fourth-order valence-electron chi connectivity index (χ4n) is 1.34. The molecule has 0 spiro atoms. The summed E-state index contributed by atoms with van der Waals surface area (Å²) in [6, 6.07) is 15.4. The molecule has 3 heteroatoms. The van der Waals surface area contributed by atoms with E-state index < -0.39 is 0 Å². The molecule has 0 aliphatic carbocycles. The van der Waals surface area contributed by atoms with Crippen molar-refractivity contribution in [2.75, 3.05) is 0 Å². The van der Waals surface area contributed by atoms with E-state index in [0.717, 1.165) is 10.5 Å². The molecule has 0 aliphatic rings. The molecule has 1 nitrogen and oxygen atoms in total. The third-order valence-electron chi connectivity index (χ3n) is 2.16. The van der Waals surface area contributed by atoms with Gasteiger partial charge in [0.05, 0.1) is 0 Å². The Bertz CT molecular complexity index is 471. The fraction of sp³-hybridized carbons (Fsp3) is 0.0769. The maximum atomic E-state index is 5.88. The first-order valence-electron chi connectivity index (χ1n) is 4.91. The van der Waals surface area contributed by atoms with Gasteiger partial charge in [0, 0.05) is 9.92 Å². The van der Waals surface area contributed by atoms with Crippen molar-refractivity contribution in [1.82, 2.24) is 0 Å². The molecular formula is C13H11ClOS. The summed E-state index contributed by atoms with van der Waals surface area (Å²) in [5, 5.41) is 0.654. The van der Waals surface area contributed by atoms with Crippen molar-refractivity contribution in [3.05, 3.63) is 59.1 Å². The Morgan fingerprint density at radius 2 is 1.81 bits per heavy atom. The van der Waals surface area contributed by atoms with Crippen LogP contribution in [0.3, 0.4) is 0 Å². The molecule has 0 atom stereocenters. The largest absolute Gasteiger partial charge is 0.488 e. The predicted octanol–water partition coefficient (Wildman–Crippen LogP) is 4.21. The zero-order valence-corrected chi connectivity index (χ0v) is 10.2. The molecule has 16 heavy (non-hydrogen) atoms. The molecule has 0 heterocycles. The third kappa shape index (κ3) is 2.94. The smallest absolute Gasteiger partial charge is 0.134 e. The fourth-order valence-corrected chi connectivity index (χ4v) is 1.70.